The Hall–Kier alpha value is -2.62. The number of benzene rings is 3. The summed E-state index contributed by atoms with van der Waals surface area (Å²) in [6.45, 7) is 1.73. The van der Waals surface area contributed by atoms with E-state index in [1.165, 1.54) is 6.07 Å². The Balaban J connectivity index is 1.49. The van der Waals surface area contributed by atoms with Gasteiger partial charge in [-0.3, -0.25) is 0 Å². The van der Waals surface area contributed by atoms with Crippen molar-refractivity contribution in [2.75, 3.05) is 31.1 Å². The molecule has 0 amide bonds. The Morgan fingerprint density at radius 2 is 1.89 bits per heavy atom. The van der Waals surface area contributed by atoms with E-state index in [4.69, 9.17) is 14.2 Å². The third-order valence-corrected chi connectivity index (χ3v) is 6.99. The summed E-state index contributed by atoms with van der Waals surface area (Å²) < 4.78 is 63.5. The van der Waals surface area contributed by atoms with Gasteiger partial charge in [-0.2, -0.15) is 13.2 Å². The summed E-state index contributed by atoms with van der Waals surface area (Å²) in [7, 11) is -2.73. The average Bonchev–Trinajstić information content (AvgIpc) is 2.87. The number of piperazine rings is 1. The number of nitrogens with zero attached hydrogens (tertiary/aromatic N) is 1. The standard InChI is InChI=1S/C25H24F3N2O4PS/c26-25(27,28)23-13-20(30-12-11-29-19(15-30)17-34-35(31)32)9-10-24(23)36-22-8-4-7-21(14-22)33-16-18-5-2-1-3-6-18/h1-10,13-14,19,29H,11-12,15-17H2/p+1. The number of nitrogens with one attached hydrogen (secondary N) is 1. The third kappa shape index (κ3) is 7.44. The molecule has 0 saturated carbocycles. The van der Waals surface area contributed by atoms with E-state index >= 15 is 0 Å². The molecule has 2 unspecified atom stereocenters. The second-order valence-electron chi connectivity index (χ2n) is 8.16. The summed E-state index contributed by atoms with van der Waals surface area (Å²) in [6.07, 6.45) is -4.54. The molecule has 1 saturated heterocycles. The lowest BCUT2D eigenvalue weighted by Crippen LogP contribution is -2.52. The van der Waals surface area contributed by atoms with Gasteiger partial charge in [-0.25, -0.2) is 0 Å². The summed E-state index contributed by atoms with van der Waals surface area (Å²) in [5.74, 6) is 0.577. The number of hydrogen-bond donors (Lipinski definition) is 2. The largest absolute Gasteiger partial charge is 0.694 e. The van der Waals surface area contributed by atoms with Gasteiger partial charge in [-0.1, -0.05) is 48.2 Å². The highest BCUT2D eigenvalue weighted by Gasteiger charge is 2.35. The van der Waals surface area contributed by atoms with E-state index in [9.17, 15) is 17.7 Å². The summed E-state index contributed by atoms with van der Waals surface area (Å²) in [4.78, 5) is 11.4. The number of ether oxygens (including phenoxy) is 1. The monoisotopic (exact) mass is 537 g/mol. The molecule has 3 aromatic carbocycles. The van der Waals surface area contributed by atoms with Crippen LogP contribution in [0.25, 0.3) is 0 Å². The van der Waals surface area contributed by atoms with Gasteiger partial charge in [0.05, 0.1) is 11.6 Å². The Kier molecular flexibility index (Phi) is 8.87. The van der Waals surface area contributed by atoms with Gasteiger partial charge in [0, 0.05) is 39.7 Å². The lowest BCUT2D eigenvalue weighted by molar-refractivity contribution is -0.139. The van der Waals surface area contributed by atoms with Crippen LogP contribution in [0.1, 0.15) is 11.1 Å². The molecule has 2 atom stereocenters. The van der Waals surface area contributed by atoms with Gasteiger partial charge in [0.1, 0.15) is 19.0 Å². The van der Waals surface area contributed by atoms with Crippen molar-refractivity contribution in [3.63, 3.8) is 0 Å². The van der Waals surface area contributed by atoms with E-state index in [1.807, 2.05) is 35.2 Å². The number of anilines is 1. The highest BCUT2D eigenvalue weighted by Crippen LogP contribution is 2.42. The molecule has 0 bridgehead atoms. The third-order valence-electron chi connectivity index (χ3n) is 5.56. The maximum atomic E-state index is 14.0. The highest BCUT2D eigenvalue weighted by molar-refractivity contribution is 7.99. The van der Waals surface area contributed by atoms with Crippen LogP contribution in [0.3, 0.4) is 0 Å². The topological polar surface area (TPSA) is 71.0 Å². The lowest BCUT2D eigenvalue weighted by Gasteiger charge is -2.34. The zero-order chi connectivity index (χ0) is 25.5. The van der Waals surface area contributed by atoms with Crippen LogP contribution in [0.2, 0.25) is 0 Å². The van der Waals surface area contributed by atoms with Gasteiger partial charge in [-0.15, -0.1) is 9.42 Å². The molecule has 4 rings (SSSR count). The molecular weight excluding hydrogens is 512 g/mol. The van der Waals surface area contributed by atoms with Crippen molar-refractivity contribution in [1.29, 1.82) is 0 Å². The maximum Gasteiger partial charge on any atom is 0.694 e. The van der Waals surface area contributed by atoms with Gasteiger partial charge < -0.3 is 15.0 Å². The summed E-state index contributed by atoms with van der Waals surface area (Å²) >= 11 is 1.03. The molecule has 2 N–H and O–H groups in total. The molecule has 0 spiro atoms. The zero-order valence-electron chi connectivity index (χ0n) is 19.1. The van der Waals surface area contributed by atoms with E-state index in [-0.39, 0.29) is 17.5 Å². The molecule has 1 aliphatic heterocycles. The second kappa shape index (κ2) is 12.1. The van der Waals surface area contributed by atoms with Crippen molar-refractivity contribution in [2.24, 2.45) is 0 Å². The second-order valence-corrected chi connectivity index (χ2v) is 10.0. The SMILES string of the molecule is O=[P+](O)OCC1CN(c2ccc(Sc3cccc(OCc4ccccc4)c3)c(C(F)(F)F)c2)CCN1. The minimum Gasteiger partial charge on any atom is -0.489 e. The molecule has 6 nitrogen and oxygen atoms in total. The van der Waals surface area contributed by atoms with Crippen LogP contribution in [0.4, 0.5) is 18.9 Å². The predicted octanol–water partition coefficient (Wildman–Crippen LogP) is 5.88. The summed E-state index contributed by atoms with van der Waals surface area (Å²) in [5.41, 5.74) is 0.717. The van der Waals surface area contributed by atoms with E-state index in [0.717, 1.165) is 23.4 Å². The van der Waals surface area contributed by atoms with Crippen molar-refractivity contribution in [3.8, 4) is 5.75 Å². The number of halogens is 3. The van der Waals surface area contributed by atoms with Crippen molar-refractivity contribution in [1.82, 2.24) is 5.32 Å². The molecule has 3 aromatic rings. The van der Waals surface area contributed by atoms with Crippen molar-refractivity contribution >= 4 is 25.7 Å². The molecule has 0 radical (unpaired) electrons. The normalized spacial score (nSPS) is 16.6. The molecule has 11 heteroatoms. The first-order chi connectivity index (χ1) is 17.3. The quantitative estimate of drug-likeness (QED) is 0.331. The van der Waals surface area contributed by atoms with E-state index in [1.54, 1.807) is 30.3 Å². The van der Waals surface area contributed by atoms with Crippen LogP contribution in [0.15, 0.2) is 82.6 Å². The molecule has 1 fully saturated rings. The molecule has 1 heterocycles. The number of rotatable bonds is 9. The van der Waals surface area contributed by atoms with Crippen LogP contribution in [-0.2, 0) is 21.9 Å². The predicted molar refractivity (Wildman–Crippen MR) is 133 cm³/mol. The molecule has 1 aliphatic rings. The highest BCUT2D eigenvalue weighted by atomic mass is 32.2. The van der Waals surface area contributed by atoms with Gasteiger partial charge in [-0.05, 0) is 42.0 Å². The first-order valence-corrected chi connectivity index (χ1v) is 13.2. The van der Waals surface area contributed by atoms with Gasteiger partial charge in [0.15, 0.2) is 0 Å². The van der Waals surface area contributed by atoms with Gasteiger partial charge in [0.2, 0.25) is 0 Å². The van der Waals surface area contributed by atoms with E-state index in [0.29, 0.717) is 42.6 Å². The summed E-state index contributed by atoms with van der Waals surface area (Å²) in [5, 5.41) is 3.14. The van der Waals surface area contributed by atoms with Gasteiger partial charge in [0.25, 0.3) is 0 Å². The molecule has 0 aliphatic carbocycles. The van der Waals surface area contributed by atoms with E-state index < -0.39 is 20.0 Å². The molecular formula is C25H25F3N2O4PS+. The van der Waals surface area contributed by atoms with Crippen molar-refractivity contribution in [2.45, 2.75) is 28.6 Å². The minimum atomic E-state index is -4.54. The number of hydrogen-bond acceptors (Lipinski definition) is 6. The molecule has 0 aromatic heterocycles. The molecule has 36 heavy (non-hydrogen) atoms. The Morgan fingerprint density at radius 1 is 1.08 bits per heavy atom. The fourth-order valence-corrected chi connectivity index (χ4v) is 5.15. The van der Waals surface area contributed by atoms with Crippen LogP contribution in [0, 0.1) is 0 Å². The Bertz CT molecular complexity index is 1180. The lowest BCUT2D eigenvalue weighted by atomic mass is 10.1. The van der Waals surface area contributed by atoms with Crippen LogP contribution in [-0.4, -0.2) is 37.2 Å². The van der Waals surface area contributed by atoms with Crippen molar-refractivity contribution in [3.05, 3.63) is 83.9 Å². The van der Waals surface area contributed by atoms with Gasteiger partial charge >= 0.3 is 14.4 Å². The van der Waals surface area contributed by atoms with Crippen LogP contribution >= 0.6 is 20.0 Å². The minimum absolute atomic E-state index is 0.00898. The van der Waals surface area contributed by atoms with E-state index in [2.05, 4.69) is 5.32 Å². The maximum absolute atomic E-state index is 14.0. The number of alkyl halides is 3. The van der Waals surface area contributed by atoms with Crippen LogP contribution in [0.5, 0.6) is 5.75 Å². The first-order valence-electron chi connectivity index (χ1n) is 11.2. The van der Waals surface area contributed by atoms with Crippen LogP contribution < -0.4 is 15.0 Å². The first kappa shape index (κ1) is 26.4. The van der Waals surface area contributed by atoms with Crippen molar-refractivity contribution < 1.29 is 31.9 Å². The summed E-state index contributed by atoms with van der Waals surface area (Å²) in [6, 6.07) is 20.7. The fraction of sp³-hybridized carbons (Fsp3) is 0.280. The smallest absolute Gasteiger partial charge is 0.489 e. The fourth-order valence-electron chi connectivity index (χ4n) is 3.85. The zero-order valence-corrected chi connectivity index (χ0v) is 20.9. The molecule has 190 valence electrons. The average molecular weight is 538 g/mol. The Morgan fingerprint density at radius 3 is 2.64 bits per heavy atom. The Labute approximate surface area is 212 Å².